The summed E-state index contributed by atoms with van der Waals surface area (Å²) in [5, 5.41) is -0.218. The van der Waals surface area contributed by atoms with Crippen molar-refractivity contribution < 1.29 is 13.9 Å². The highest BCUT2D eigenvalue weighted by Gasteiger charge is 2.50. The molecule has 4 rings (SSSR count). The van der Waals surface area contributed by atoms with Gasteiger partial charge in [0.25, 0.3) is 0 Å². The lowest BCUT2D eigenvalue weighted by molar-refractivity contribution is -0.118. The van der Waals surface area contributed by atoms with Crippen LogP contribution in [0.5, 0.6) is 0 Å². The lowest BCUT2D eigenvalue weighted by atomic mass is 9.70. The number of hydrogen-bond donors (Lipinski definition) is 0. The minimum Gasteiger partial charge on any atom is -0.352 e. The van der Waals surface area contributed by atoms with Crippen molar-refractivity contribution in [1.29, 1.82) is 0 Å². The maximum absolute atomic E-state index is 15.9. The highest BCUT2D eigenvalue weighted by molar-refractivity contribution is 6.64. The van der Waals surface area contributed by atoms with Crippen molar-refractivity contribution in [2.45, 2.75) is 140 Å². The fraction of sp³-hybridized carbons (Fsp3) is 0.966. The molecule has 0 N–H and O–H groups in total. The second-order valence-corrected chi connectivity index (χ2v) is 12.9. The van der Waals surface area contributed by atoms with Crippen LogP contribution in [0.3, 0.4) is 0 Å². The highest BCUT2D eigenvalue weighted by Crippen LogP contribution is 2.49. The summed E-state index contributed by atoms with van der Waals surface area (Å²) in [7, 11) is 0. The summed E-state index contributed by atoms with van der Waals surface area (Å²) < 4.78 is 21.7. The van der Waals surface area contributed by atoms with Gasteiger partial charge in [0, 0.05) is 5.92 Å². The van der Waals surface area contributed by atoms with Gasteiger partial charge in [-0.15, -0.1) is 0 Å². The molecule has 34 heavy (non-hydrogen) atoms. The molecular formula is C29H47Cl2FO2. The number of carbonyl (C=O) groups excluding carboxylic acids is 1. The first-order chi connectivity index (χ1) is 16.5. The molecule has 4 fully saturated rings. The zero-order valence-corrected chi connectivity index (χ0v) is 22.6. The first kappa shape index (κ1) is 27.2. The van der Waals surface area contributed by atoms with E-state index < -0.39 is 6.17 Å². The SMILES string of the molecule is O=C(Cl)C1CCC(C2CCCCCCC2)C(C2OC2Cl)CC(F)CC1C1CCCCCCCC1. The number of hydrogen-bond acceptors (Lipinski definition) is 2. The summed E-state index contributed by atoms with van der Waals surface area (Å²) in [5.74, 6) is 1.47. The fourth-order valence-electron chi connectivity index (χ4n) is 8.00. The second kappa shape index (κ2) is 13.6. The van der Waals surface area contributed by atoms with E-state index in [9.17, 15) is 4.79 Å². The summed E-state index contributed by atoms with van der Waals surface area (Å²) in [6.45, 7) is 0. The molecule has 3 saturated carbocycles. The Kier molecular flexibility index (Phi) is 10.9. The molecule has 0 aromatic rings. The predicted octanol–water partition coefficient (Wildman–Crippen LogP) is 9.20. The minimum atomic E-state index is -0.900. The smallest absolute Gasteiger partial charge is 0.225 e. The molecule has 0 spiro atoms. The third kappa shape index (κ3) is 7.58. The van der Waals surface area contributed by atoms with Crippen LogP contribution in [-0.2, 0) is 9.53 Å². The van der Waals surface area contributed by atoms with E-state index in [1.54, 1.807) is 0 Å². The molecule has 0 amide bonds. The first-order valence-corrected chi connectivity index (χ1v) is 15.5. The Morgan fingerprint density at radius 1 is 0.647 bits per heavy atom. The van der Waals surface area contributed by atoms with Gasteiger partial charge < -0.3 is 4.74 Å². The van der Waals surface area contributed by atoms with E-state index in [1.165, 1.54) is 83.5 Å². The minimum absolute atomic E-state index is 0.0121. The zero-order valence-electron chi connectivity index (χ0n) is 21.1. The Morgan fingerprint density at radius 3 is 1.56 bits per heavy atom. The molecular weight excluding hydrogens is 470 g/mol. The number of rotatable bonds is 4. The maximum atomic E-state index is 15.9. The van der Waals surface area contributed by atoms with E-state index >= 15 is 4.39 Å². The number of epoxide rings is 1. The maximum Gasteiger partial charge on any atom is 0.225 e. The Morgan fingerprint density at radius 2 is 1.09 bits per heavy atom. The average Bonchev–Trinajstić information content (AvgIpc) is 3.45. The lowest BCUT2D eigenvalue weighted by Crippen LogP contribution is -2.31. The molecule has 3 aliphatic carbocycles. The lowest BCUT2D eigenvalue weighted by Gasteiger charge is -2.35. The van der Waals surface area contributed by atoms with E-state index in [0.717, 1.165) is 25.7 Å². The summed E-state index contributed by atoms with van der Waals surface area (Å²) in [4.78, 5) is 12.8. The molecule has 196 valence electrons. The molecule has 0 aromatic carbocycles. The van der Waals surface area contributed by atoms with E-state index in [0.29, 0.717) is 30.6 Å². The van der Waals surface area contributed by atoms with Crippen molar-refractivity contribution in [2.75, 3.05) is 0 Å². The monoisotopic (exact) mass is 516 g/mol. The van der Waals surface area contributed by atoms with Crippen LogP contribution >= 0.6 is 23.2 Å². The molecule has 5 heteroatoms. The zero-order chi connectivity index (χ0) is 23.9. The molecule has 0 bridgehead atoms. The third-order valence-corrected chi connectivity index (χ3v) is 10.5. The van der Waals surface area contributed by atoms with Crippen molar-refractivity contribution in [1.82, 2.24) is 0 Å². The van der Waals surface area contributed by atoms with Crippen molar-refractivity contribution in [3.63, 3.8) is 0 Å². The summed E-state index contributed by atoms with van der Waals surface area (Å²) in [6, 6.07) is 0. The highest BCUT2D eigenvalue weighted by atomic mass is 35.5. The van der Waals surface area contributed by atoms with Crippen molar-refractivity contribution in [3.8, 4) is 0 Å². The van der Waals surface area contributed by atoms with Gasteiger partial charge in [-0.3, -0.25) is 4.79 Å². The molecule has 4 aliphatic rings. The van der Waals surface area contributed by atoms with Crippen LogP contribution in [0, 0.1) is 35.5 Å². The third-order valence-electron chi connectivity index (χ3n) is 9.88. The van der Waals surface area contributed by atoms with Crippen LogP contribution in [0.25, 0.3) is 0 Å². The van der Waals surface area contributed by atoms with E-state index in [-0.39, 0.29) is 34.7 Å². The Labute approximate surface area is 217 Å². The molecule has 0 aromatic heterocycles. The second-order valence-electron chi connectivity index (χ2n) is 12.1. The summed E-state index contributed by atoms with van der Waals surface area (Å²) in [6.07, 6.45) is 20.7. The fourth-order valence-corrected chi connectivity index (χ4v) is 8.58. The number of alkyl halides is 2. The topological polar surface area (TPSA) is 29.6 Å². The quantitative estimate of drug-likeness (QED) is 0.211. The number of carbonyl (C=O) groups is 1. The van der Waals surface area contributed by atoms with Gasteiger partial charge in [0.2, 0.25) is 5.24 Å². The van der Waals surface area contributed by atoms with Crippen LogP contribution in [-0.4, -0.2) is 23.1 Å². The predicted molar refractivity (Wildman–Crippen MR) is 139 cm³/mol. The van der Waals surface area contributed by atoms with Gasteiger partial charge in [-0.05, 0) is 66.9 Å². The van der Waals surface area contributed by atoms with Gasteiger partial charge in [-0.25, -0.2) is 4.39 Å². The molecule has 1 aliphatic heterocycles. The Bertz CT molecular complexity index is 613. The normalized spacial score (nSPS) is 40.4. The van der Waals surface area contributed by atoms with Gasteiger partial charge >= 0.3 is 0 Å². The molecule has 7 unspecified atom stereocenters. The Balaban J connectivity index is 1.56. The van der Waals surface area contributed by atoms with Crippen molar-refractivity contribution >= 4 is 28.4 Å². The number of halogens is 3. The van der Waals surface area contributed by atoms with E-state index in [1.807, 2.05) is 0 Å². The van der Waals surface area contributed by atoms with Crippen LogP contribution < -0.4 is 0 Å². The van der Waals surface area contributed by atoms with Crippen LogP contribution in [0.1, 0.15) is 122 Å². The van der Waals surface area contributed by atoms with Gasteiger partial charge in [-0.2, -0.15) is 0 Å². The van der Waals surface area contributed by atoms with Crippen molar-refractivity contribution in [3.05, 3.63) is 0 Å². The van der Waals surface area contributed by atoms with E-state index in [2.05, 4.69) is 0 Å². The molecule has 2 nitrogen and oxygen atoms in total. The van der Waals surface area contributed by atoms with Gasteiger partial charge in [-0.1, -0.05) is 108 Å². The number of ether oxygens (including phenoxy) is 1. The molecule has 1 heterocycles. The first-order valence-electron chi connectivity index (χ1n) is 14.7. The van der Waals surface area contributed by atoms with Gasteiger partial charge in [0.15, 0.2) is 5.56 Å². The summed E-state index contributed by atoms with van der Waals surface area (Å²) in [5.41, 5.74) is -0.260. The summed E-state index contributed by atoms with van der Waals surface area (Å²) >= 11 is 12.7. The molecule has 1 saturated heterocycles. The standard InChI is InChI=1S/C29H47Cl2FO2/c30-28(33)24-17-16-23(20-12-8-6-3-7-9-13-20)26(27-29(31)34-27)19-22(32)18-25(24)21-14-10-4-1-2-5-11-15-21/h20-27,29H,1-19H2. The largest absolute Gasteiger partial charge is 0.352 e. The van der Waals surface area contributed by atoms with Gasteiger partial charge in [0.05, 0.1) is 0 Å². The Hall–Kier alpha value is 0.140. The van der Waals surface area contributed by atoms with Crippen LogP contribution in [0.4, 0.5) is 4.39 Å². The van der Waals surface area contributed by atoms with Crippen LogP contribution in [0.15, 0.2) is 0 Å². The van der Waals surface area contributed by atoms with Gasteiger partial charge in [0.1, 0.15) is 12.3 Å². The van der Waals surface area contributed by atoms with E-state index in [4.69, 9.17) is 27.9 Å². The van der Waals surface area contributed by atoms with Crippen LogP contribution in [0.2, 0.25) is 0 Å². The molecule has 7 atom stereocenters. The average molecular weight is 518 g/mol. The van der Waals surface area contributed by atoms with Crippen molar-refractivity contribution in [2.24, 2.45) is 35.5 Å². The molecule has 0 radical (unpaired) electrons.